The molecule has 1 saturated heterocycles. The minimum atomic E-state index is -0.0164. The Morgan fingerprint density at radius 2 is 2.06 bits per heavy atom. The Morgan fingerprint density at radius 3 is 2.74 bits per heavy atom. The highest BCUT2D eigenvalue weighted by Crippen LogP contribution is 2.21. The van der Waals surface area contributed by atoms with Crippen molar-refractivity contribution >= 4 is 35.8 Å². The topological polar surface area (TPSA) is 84.4 Å². The first-order chi connectivity index (χ1) is 14.5. The molecule has 0 saturated carbocycles. The summed E-state index contributed by atoms with van der Waals surface area (Å²) in [5.74, 6) is 1.37. The average Bonchev–Trinajstić information content (AvgIpc) is 2.74. The van der Waals surface area contributed by atoms with Crippen molar-refractivity contribution in [3.63, 3.8) is 0 Å². The van der Waals surface area contributed by atoms with Gasteiger partial charge >= 0.3 is 0 Å². The zero-order chi connectivity index (χ0) is 21.8. The zero-order valence-electron chi connectivity index (χ0n) is 19.1. The SMILES string of the molecule is COCCOc1cc(C)ccc1CN=C(NCC(=O)N(C)C)NCC1CCCCO1.I. The number of likely N-dealkylation sites (N-methyl/N-ethyl adjacent to an activating group) is 1. The second-order valence-electron chi connectivity index (χ2n) is 7.63. The molecule has 2 N–H and O–H groups in total. The van der Waals surface area contributed by atoms with E-state index in [0.29, 0.717) is 32.3 Å². The van der Waals surface area contributed by atoms with Crippen LogP contribution in [0.25, 0.3) is 0 Å². The van der Waals surface area contributed by atoms with Crippen LogP contribution in [0.1, 0.15) is 30.4 Å². The highest BCUT2D eigenvalue weighted by molar-refractivity contribution is 14.0. The summed E-state index contributed by atoms with van der Waals surface area (Å²) < 4.78 is 16.7. The molecule has 1 fully saturated rings. The lowest BCUT2D eigenvalue weighted by atomic mass is 10.1. The van der Waals surface area contributed by atoms with Crippen molar-refractivity contribution in [1.29, 1.82) is 0 Å². The molecule has 8 nitrogen and oxygen atoms in total. The minimum absolute atomic E-state index is 0. The van der Waals surface area contributed by atoms with Crippen molar-refractivity contribution in [3.8, 4) is 5.75 Å². The van der Waals surface area contributed by atoms with Gasteiger partial charge in [0.05, 0.1) is 25.8 Å². The largest absolute Gasteiger partial charge is 0.491 e. The second-order valence-corrected chi connectivity index (χ2v) is 7.63. The van der Waals surface area contributed by atoms with Crippen molar-refractivity contribution in [1.82, 2.24) is 15.5 Å². The third-order valence-electron chi connectivity index (χ3n) is 4.85. The number of carbonyl (C=O) groups excluding carboxylic acids is 1. The number of rotatable bonds is 10. The van der Waals surface area contributed by atoms with Gasteiger partial charge in [0.2, 0.25) is 5.91 Å². The molecule has 1 heterocycles. The van der Waals surface area contributed by atoms with E-state index < -0.39 is 0 Å². The Balaban J connectivity index is 0.00000480. The van der Waals surface area contributed by atoms with E-state index in [-0.39, 0.29) is 42.5 Å². The minimum Gasteiger partial charge on any atom is -0.491 e. The number of nitrogens with zero attached hydrogens (tertiary/aromatic N) is 2. The summed E-state index contributed by atoms with van der Waals surface area (Å²) >= 11 is 0. The normalized spacial score (nSPS) is 16.3. The highest BCUT2D eigenvalue weighted by atomic mass is 127. The number of hydrogen-bond acceptors (Lipinski definition) is 5. The molecule has 1 amide bonds. The van der Waals surface area contributed by atoms with E-state index in [1.54, 1.807) is 26.1 Å². The number of halogens is 1. The van der Waals surface area contributed by atoms with Crippen molar-refractivity contribution in [2.45, 2.75) is 38.8 Å². The molecule has 0 bridgehead atoms. The first kappa shape index (κ1) is 27.4. The van der Waals surface area contributed by atoms with Crippen LogP contribution in [-0.4, -0.2) is 77.0 Å². The maximum Gasteiger partial charge on any atom is 0.241 e. The summed E-state index contributed by atoms with van der Waals surface area (Å²) in [5.41, 5.74) is 2.10. The molecule has 31 heavy (non-hydrogen) atoms. The Kier molecular flexibility index (Phi) is 13.5. The van der Waals surface area contributed by atoms with Gasteiger partial charge < -0.3 is 29.7 Å². The van der Waals surface area contributed by atoms with E-state index in [0.717, 1.165) is 36.3 Å². The van der Waals surface area contributed by atoms with Gasteiger partial charge in [-0.3, -0.25) is 4.79 Å². The number of benzene rings is 1. The third-order valence-corrected chi connectivity index (χ3v) is 4.85. The van der Waals surface area contributed by atoms with Crippen LogP contribution in [-0.2, 0) is 20.8 Å². The zero-order valence-corrected chi connectivity index (χ0v) is 21.4. The number of hydrogen-bond donors (Lipinski definition) is 2. The molecule has 1 unspecified atom stereocenters. The molecule has 0 radical (unpaired) electrons. The summed E-state index contributed by atoms with van der Waals surface area (Å²) in [5, 5.41) is 6.44. The maximum atomic E-state index is 12.0. The Bertz CT molecular complexity index is 694. The lowest BCUT2D eigenvalue weighted by Gasteiger charge is -2.24. The van der Waals surface area contributed by atoms with Crippen LogP contribution < -0.4 is 15.4 Å². The average molecular weight is 548 g/mol. The molecule has 0 aromatic heterocycles. The molecule has 176 valence electrons. The first-order valence-corrected chi connectivity index (χ1v) is 10.5. The number of aryl methyl sites for hydroxylation is 1. The third kappa shape index (κ3) is 10.5. The molecular weight excluding hydrogens is 511 g/mol. The Hall–Kier alpha value is -1.59. The molecule has 1 aromatic rings. The van der Waals surface area contributed by atoms with Gasteiger partial charge in [0.25, 0.3) is 0 Å². The molecular formula is C22H37IN4O4. The lowest BCUT2D eigenvalue weighted by Crippen LogP contribution is -2.45. The summed E-state index contributed by atoms with van der Waals surface area (Å²) in [4.78, 5) is 18.2. The molecule has 1 aliphatic heterocycles. The van der Waals surface area contributed by atoms with Gasteiger partial charge in [-0.05, 0) is 37.8 Å². The van der Waals surface area contributed by atoms with Crippen LogP contribution in [0.2, 0.25) is 0 Å². The molecule has 9 heteroatoms. The van der Waals surface area contributed by atoms with E-state index in [1.807, 2.05) is 25.1 Å². The fraction of sp³-hybridized carbons (Fsp3) is 0.636. The summed E-state index contributed by atoms with van der Waals surface area (Å²) in [6.07, 6.45) is 3.50. The van der Waals surface area contributed by atoms with Gasteiger partial charge in [-0.2, -0.15) is 0 Å². The van der Waals surface area contributed by atoms with Gasteiger partial charge in [-0.15, -0.1) is 24.0 Å². The quantitative estimate of drug-likeness (QED) is 0.202. The van der Waals surface area contributed by atoms with E-state index >= 15 is 0 Å². The smallest absolute Gasteiger partial charge is 0.241 e. The van der Waals surface area contributed by atoms with Crippen molar-refractivity contribution in [2.75, 3.05) is 54.1 Å². The standard InChI is InChI=1S/C22H36N4O4.HI/c1-17-8-9-18(20(13-17)30-12-11-28-4)14-23-22(25-16-21(27)26(2)3)24-15-19-7-5-6-10-29-19;/h8-9,13,19H,5-7,10-12,14-16H2,1-4H3,(H2,23,24,25);1H. The molecule has 1 atom stereocenters. The molecule has 0 spiro atoms. The molecule has 2 rings (SSSR count). The Morgan fingerprint density at radius 1 is 1.26 bits per heavy atom. The van der Waals surface area contributed by atoms with Gasteiger partial charge in [0.1, 0.15) is 12.4 Å². The number of nitrogens with one attached hydrogen (secondary N) is 2. The lowest BCUT2D eigenvalue weighted by molar-refractivity contribution is -0.127. The van der Waals surface area contributed by atoms with E-state index in [9.17, 15) is 4.79 Å². The van der Waals surface area contributed by atoms with E-state index in [1.165, 1.54) is 6.42 Å². The molecule has 0 aliphatic carbocycles. The van der Waals surface area contributed by atoms with Gasteiger partial charge in [-0.25, -0.2) is 4.99 Å². The Labute approximate surface area is 203 Å². The summed E-state index contributed by atoms with van der Waals surface area (Å²) in [6, 6.07) is 6.07. The van der Waals surface area contributed by atoms with E-state index in [2.05, 4.69) is 15.6 Å². The van der Waals surface area contributed by atoms with Crippen LogP contribution in [0.3, 0.4) is 0 Å². The fourth-order valence-electron chi connectivity index (χ4n) is 3.00. The fourth-order valence-corrected chi connectivity index (χ4v) is 3.00. The predicted octanol–water partition coefficient (Wildman–Crippen LogP) is 2.33. The number of amides is 1. The van der Waals surface area contributed by atoms with Crippen molar-refractivity contribution in [2.24, 2.45) is 4.99 Å². The number of carbonyl (C=O) groups is 1. The molecule has 1 aromatic carbocycles. The van der Waals surface area contributed by atoms with Crippen LogP contribution >= 0.6 is 24.0 Å². The van der Waals surface area contributed by atoms with Crippen LogP contribution in [0.5, 0.6) is 5.75 Å². The highest BCUT2D eigenvalue weighted by Gasteiger charge is 2.15. The van der Waals surface area contributed by atoms with Crippen molar-refractivity contribution < 1.29 is 19.0 Å². The summed E-state index contributed by atoms with van der Waals surface area (Å²) in [6.45, 7) is 5.11. The van der Waals surface area contributed by atoms with Crippen LogP contribution in [0, 0.1) is 6.92 Å². The number of ether oxygens (including phenoxy) is 3. The van der Waals surface area contributed by atoms with Crippen LogP contribution in [0.15, 0.2) is 23.2 Å². The predicted molar refractivity (Wildman–Crippen MR) is 133 cm³/mol. The number of guanidine groups is 1. The van der Waals surface area contributed by atoms with E-state index in [4.69, 9.17) is 14.2 Å². The van der Waals surface area contributed by atoms with Gasteiger partial charge in [0.15, 0.2) is 5.96 Å². The number of methoxy groups -OCH3 is 1. The van der Waals surface area contributed by atoms with Crippen molar-refractivity contribution in [3.05, 3.63) is 29.3 Å². The monoisotopic (exact) mass is 548 g/mol. The number of aliphatic imine (C=N–C) groups is 1. The van der Waals surface area contributed by atoms with Crippen LogP contribution in [0.4, 0.5) is 0 Å². The van der Waals surface area contributed by atoms with Gasteiger partial charge in [-0.1, -0.05) is 12.1 Å². The maximum absolute atomic E-state index is 12.0. The second kappa shape index (κ2) is 15.3. The molecule has 1 aliphatic rings. The van der Waals surface area contributed by atoms with Gasteiger partial charge in [0, 0.05) is 39.9 Å². The first-order valence-electron chi connectivity index (χ1n) is 10.5. The summed E-state index contributed by atoms with van der Waals surface area (Å²) in [7, 11) is 5.12.